The minimum atomic E-state index is -3.96. The van der Waals surface area contributed by atoms with Crippen LogP contribution in [-0.2, 0) is 26.3 Å². The molecule has 0 bridgehead atoms. The molecule has 1 N–H and O–H groups in total. The molecule has 2 heterocycles. The zero-order valence-electron chi connectivity index (χ0n) is 11.9. The van der Waals surface area contributed by atoms with E-state index in [2.05, 4.69) is 10.2 Å². The first-order chi connectivity index (χ1) is 10.3. The maximum Gasteiger partial charge on any atom is 0.265 e. The Labute approximate surface area is 128 Å². The van der Waals surface area contributed by atoms with Gasteiger partial charge in [-0.3, -0.25) is 9.40 Å². The highest BCUT2D eigenvalue weighted by molar-refractivity contribution is 7.95. The molecule has 0 spiro atoms. The van der Waals surface area contributed by atoms with Crippen LogP contribution in [0.4, 0.5) is 5.69 Å². The van der Waals surface area contributed by atoms with Crippen LogP contribution in [0.25, 0.3) is 0 Å². The van der Waals surface area contributed by atoms with Gasteiger partial charge < -0.3 is 0 Å². The molecule has 2 aromatic rings. The van der Waals surface area contributed by atoms with Gasteiger partial charge in [-0.05, 0) is 25.0 Å². The average Bonchev–Trinajstić information content (AvgIpc) is 2.94. The fraction of sp³-hybridized carbons (Fsp3) is 0.308. The third-order valence-electron chi connectivity index (χ3n) is 3.57. The summed E-state index contributed by atoms with van der Waals surface area (Å²) in [4.78, 5) is -0.392. The van der Waals surface area contributed by atoms with E-state index >= 15 is 0 Å². The van der Waals surface area contributed by atoms with Crippen LogP contribution in [-0.4, -0.2) is 39.8 Å². The van der Waals surface area contributed by atoms with Gasteiger partial charge in [0.15, 0.2) is 9.84 Å². The molecule has 0 saturated heterocycles. The predicted octanol–water partition coefficient (Wildman–Crippen LogP) is 0.955. The fourth-order valence-corrected chi connectivity index (χ4v) is 5.69. The zero-order chi connectivity index (χ0) is 16.0. The molecule has 0 atom stereocenters. The molecule has 1 aliphatic heterocycles. The Morgan fingerprint density at radius 3 is 2.50 bits per heavy atom. The third-order valence-corrected chi connectivity index (χ3v) is 6.72. The number of fused-ring (bicyclic) bond motifs is 1. The van der Waals surface area contributed by atoms with Gasteiger partial charge in [-0.15, -0.1) is 0 Å². The van der Waals surface area contributed by atoms with Crippen molar-refractivity contribution in [3.05, 3.63) is 36.2 Å². The molecule has 22 heavy (non-hydrogen) atoms. The molecular weight excluding hydrogens is 326 g/mol. The molecule has 0 unspecified atom stereocenters. The van der Waals surface area contributed by atoms with Gasteiger partial charge in [0.2, 0.25) is 0 Å². The predicted molar refractivity (Wildman–Crippen MR) is 81.0 cm³/mol. The first-order valence-corrected chi connectivity index (χ1v) is 9.99. The van der Waals surface area contributed by atoms with Gasteiger partial charge in [-0.1, -0.05) is 12.1 Å². The van der Waals surface area contributed by atoms with Crippen molar-refractivity contribution in [3.8, 4) is 0 Å². The molecule has 7 nitrogen and oxygen atoms in total. The summed E-state index contributed by atoms with van der Waals surface area (Å²) < 4.78 is 50.8. The summed E-state index contributed by atoms with van der Waals surface area (Å²) in [7, 11) is -7.61. The van der Waals surface area contributed by atoms with E-state index in [1.807, 2.05) is 0 Å². The summed E-state index contributed by atoms with van der Waals surface area (Å²) in [5.41, 5.74) is 1.22. The average molecular weight is 341 g/mol. The maximum atomic E-state index is 12.9. The number of nitrogens with zero attached hydrogens (tertiary/aromatic N) is 2. The molecule has 1 aromatic carbocycles. The molecule has 118 valence electrons. The number of hydrogen-bond acceptors (Lipinski definition) is 5. The smallest absolute Gasteiger partial charge is 0.265 e. The van der Waals surface area contributed by atoms with Crippen LogP contribution in [0.1, 0.15) is 12.1 Å². The molecule has 3 rings (SSSR count). The van der Waals surface area contributed by atoms with Gasteiger partial charge in [-0.25, -0.2) is 16.8 Å². The van der Waals surface area contributed by atoms with Crippen LogP contribution in [0.3, 0.4) is 0 Å². The molecule has 0 saturated carbocycles. The Hall–Kier alpha value is -1.87. The Balaban J connectivity index is 2.18. The lowest BCUT2D eigenvalue weighted by Gasteiger charge is -2.28. The van der Waals surface area contributed by atoms with Crippen LogP contribution in [0, 0.1) is 0 Å². The van der Waals surface area contributed by atoms with E-state index in [0.717, 1.165) is 18.4 Å². The number of aryl methyl sites for hydroxylation is 1. The first-order valence-electron chi connectivity index (χ1n) is 6.66. The fourth-order valence-electron chi connectivity index (χ4n) is 2.56. The molecule has 0 fully saturated rings. The molecule has 1 aliphatic rings. The second kappa shape index (κ2) is 5.10. The van der Waals surface area contributed by atoms with E-state index < -0.39 is 19.9 Å². The highest BCUT2D eigenvalue weighted by atomic mass is 32.2. The summed E-state index contributed by atoms with van der Waals surface area (Å²) >= 11 is 0. The molecule has 9 heteroatoms. The molecule has 0 amide bonds. The van der Waals surface area contributed by atoms with E-state index in [1.54, 1.807) is 0 Å². The number of sulfonamides is 1. The largest absolute Gasteiger partial charge is 0.280 e. The van der Waals surface area contributed by atoms with Gasteiger partial charge in [-0.2, -0.15) is 5.10 Å². The standard InChI is InChI=1S/C13H15N3O4S2/c1-21(17,18)12-6-2-3-7-13(12)22(19,20)16-8-4-5-10-11(16)9-14-15-10/h2-3,6-7,9H,4-5,8H2,1H3,(H,14,15). The minimum absolute atomic E-state index is 0.189. The van der Waals surface area contributed by atoms with E-state index in [0.29, 0.717) is 18.7 Å². The van der Waals surface area contributed by atoms with Gasteiger partial charge in [0.05, 0.1) is 22.5 Å². The number of hydrogen-bond donors (Lipinski definition) is 1. The second-order valence-corrected chi connectivity index (χ2v) is 8.95. The van der Waals surface area contributed by atoms with Crippen molar-refractivity contribution in [2.75, 3.05) is 17.1 Å². The quantitative estimate of drug-likeness (QED) is 0.896. The topological polar surface area (TPSA) is 100 Å². The molecular formula is C13H15N3O4S2. The van der Waals surface area contributed by atoms with Gasteiger partial charge >= 0.3 is 0 Å². The number of aromatic amines is 1. The lowest BCUT2D eigenvalue weighted by Crippen LogP contribution is -2.35. The van der Waals surface area contributed by atoms with Gasteiger partial charge in [0.25, 0.3) is 10.0 Å². The number of anilines is 1. The van der Waals surface area contributed by atoms with Crippen LogP contribution in [0.2, 0.25) is 0 Å². The monoisotopic (exact) mass is 341 g/mol. The van der Waals surface area contributed by atoms with Crippen molar-refractivity contribution in [1.29, 1.82) is 0 Å². The molecule has 0 aliphatic carbocycles. The van der Waals surface area contributed by atoms with E-state index in [-0.39, 0.29) is 9.79 Å². The number of nitrogens with one attached hydrogen (secondary N) is 1. The normalized spacial score (nSPS) is 15.6. The summed E-state index contributed by atoms with van der Waals surface area (Å²) in [6, 6.07) is 5.65. The SMILES string of the molecule is CS(=O)(=O)c1ccccc1S(=O)(=O)N1CCCc2[nH]ncc21. The van der Waals surface area contributed by atoms with Crippen molar-refractivity contribution < 1.29 is 16.8 Å². The Morgan fingerprint density at radius 2 is 1.82 bits per heavy atom. The van der Waals surface area contributed by atoms with Crippen molar-refractivity contribution >= 4 is 25.5 Å². The number of sulfone groups is 1. The van der Waals surface area contributed by atoms with Crippen molar-refractivity contribution in [1.82, 2.24) is 10.2 Å². The Bertz CT molecular complexity index is 916. The number of rotatable bonds is 3. The van der Waals surface area contributed by atoms with Crippen LogP contribution < -0.4 is 4.31 Å². The van der Waals surface area contributed by atoms with E-state index in [9.17, 15) is 16.8 Å². The van der Waals surface area contributed by atoms with E-state index in [4.69, 9.17) is 0 Å². The first kappa shape index (κ1) is 15.0. The second-order valence-electron chi connectivity index (χ2n) is 5.13. The highest BCUT2D eigenvalue weighted by Crippen LogP contribution is 2.32. The number of benzene rings is 1. The maximum absolute atomic E-state index is 12.9. The summed E-state index contributed by atoms with van der Waals surface area (Å²) in [5.74, 6) is 0. The van der Waals surface area contributed by atoms with Crippen LogP contribution in [0.5, 0.6) is 0 Å². The van der Waals surface area contributed by atoms with Crippen molar-refractivity contribution in [2.24, 2.45) is 0 Å². The third kappa shape index (κ3) is 2.40. The summed E-state index contributed by atoms with van der Waals surface area (Å²) in [6.07, 6.45) is 3.82. The number of H-pyrrole nitrogens is 1. The molecule has 1 aromatic heterocycles. The van der Waals surface area contributed by atoms with E-state index in [1.165, 1.54) is 34.8 Å². The Morgan fingerprint density at radius 1 is 1.14 bits per heavy atom. The summed E-state index contributed by atoms with van der Waals surface area (Å²) in [5, 5.41) is 6.66. The lowest BCUT2D eigenvalue weighted by molar-refractivity contribution is 0.578. The highest BCUT2D eigenvalue weighted by Gasteiger charge is 2.33. The lowest BCUT2D eigenvalue weighted by atomic mass is 10.1. The van der Waals surface area contributed by atoms with Crippen LogP contribution >= 0.6 is 0 Å². The summed E-state index contributed by atoms with van der Waals surface area (Å²) in [6.45, 7) is 0.299. The van der Waals surface area contributed by atoms with Crippen LogP contribution in [0.15, 0.2) is 40.3 Å². The van der Waals surface area contributed by atoms with Crippen molar-refractivity contribution in [3.63, 3.8) is 0 Å². The Kier molecular flexibility index (Phi) is 3.48. The van der Waals surface area contributed by atoms with Crippen molar-refractivity contribution in [2.45, 2.75) is 22.6 Å². The number of aromatic nitrogens is 2. The molecule has 0 radical (unpaired) electrons. The van der Waals surface area contributed by atoms with Gasteiger partial charge in [0.1, 0.15) is 4.90 Å². The minimum Gasteiger partial charge on any atom is -0.280 e. The zero-order valence-corrected chi connectivity index (χ0v) is 13.5. The van der Waals surface area contributed by atoms with Gasteiger partial charge in [0, 0.05) is 12.8 Å².